The van der Waals surface area contributed by atoms with Crippen LogP contribution in [0.2, 0.25) is 0 Å². The van der Waals surface area contributed by atoms with Crippen LogP contribution in [-0.2, 0) is 17.5 Å². The Hall–Kier alpha value is -3.56. The largest absolute Gasteiger partial charge is 0.497 e. The van der Waals surface area contributed by atoms with Gasteiger partial charge < -0.3 is 14.0 Å². The third-order valence-electron chi connectivity index (χ3n) is 4.04. The molecule has 10 heteroatoms. The highest BCUT2D eigenvalue weighted by Gasteiger charge is 2.37. The molecule has 0 aliphatic heterocycles. The topological polar surface area (TPSA) is 77.7 Å². The van der Waals surface area contributed by atoms with Gasteiger partial charge in [0.15, 0.2) is 0 Å². The molecule has 1 heterocycles. The number of ether oxygens (including phenoxy) is 2. The SMILES string of the molecule is COc1ccc(/C=N/NC(=O)Cn2c(C(F)(F)F)nc3ccccc32)c(OC)c1. The first kappa shape index (κ1) is 20.2. The Bertz CT molecular complexity index is 1060. The molecule has 152 valence electrons. The summed E-state index contributed by atoms with van der Waals surface area (Å²) in [5, 5.41) is 3.80. The molecule has 1 N–H and O–H groups in total. The molecule has 1 amide bonds. The number of halogens is 3. The van der Waals surface area contributed by atoms with Gasteiger partial charge in [-0.25, -0.2) is 10.4 Å². The third-order valence-corrected chi connectivity index (χ3v) is 4.04. The van der Waals surface area contributed by atoms with Crippen LogP contribution in [0.25, 0.3) is 11.0 Å². The Balaban J connectivity index is 1.78. The number of methoxy groups -OCH3 is 2. The summed E-state index contributed by atoms with van der Waals surface area (Å²) in [4.78, 5) is 15.8. The molecule has 29 heavy (non-hydrogen) atoms. The van der Waals surface area contributed by atoms with Crippen molar-refractivity contribution in [1.82, 2.24) is 15.0 Å². The summed E-state index contributed by atoms with van der Waals surface area (Å²) in [5.41, 5.74) is 3.13. The van der Waals surface area contributed by atoms with Gasteiger partial charge in [-0.15, -0.1) is 0 Å². The molecular formula is C19H17F3N4O3. The Labute approximate surface area is 163 Å². The second kappa shape index (κ2) is 8.21. The van der Waals surface area contributed by atoms with E-state index in [2.05, 4.69) is 15.5 Å². The van der Waals surface area contributed by atoms with E-state index in [4.69, 9.17) is 9.47 Å². The number of carbonyl (C=O) groups is 1. The smallest absolute Gasteiger partial charge is 0.449 e. The number of hydrogen-bond acceptors (Lipinski definition) is 5. The average molecular weight is 406 g/mol. The highest BCUT2D eigenvalue weighted by molar-refractivity contribution is 5.86. The fourth-order valence-corrected chi connectivity index (χ4v) is 2.73. The number of imidazole rings is 1. The molecule has 3 aromatic rings. The van der Waals surface area contributed by atoms with Crippen molar-refractivity contribution in [3.63, 3.8) is 0 Å². The van der Waals surface area contributed by atoms with Crippen molar-refractivity contribution in [1.29, 1.82) is 0 Å². The van der Waals surface area contributed by atoms with Crippen molar-refractivity contribution in [3.8, 4) is 11.5 Å². The number of nitrogens with one attached hydrogen (secondary N) is 1. The minimum Gasteiger partial charge on any atom is -0.497 e. The molecule has 0 aliphatic carbocycles. The highest BCUT2D eigenvalue weighted by Crippen LogP contribution is 2.31. The van der Waals surface area contributed by atoms with E-state index in [1.165, 1.54) is 32.6 Å². The number of alkyl halides is 3. The van der Waals surface area contributed by atoms with E-state index in [0.717, 1.165) is 4.57 Å². The lowest BCUT2D eigenvalue weighted by Gasteiger charge is -2.10. The summed E-state index contributed by atoms with van der Waals surface area (Å²) >= 11 is 0. The summed E-state index contributed by atoms with van der Waals surface area (Å²) in [6.07, 6.45) is -3.37. The van der Waals surface area contributed by atoms with E-state index in [9.17, 15) is 18.0 Å². The number of para-hydroxylation sites is 2. The maximum absolute atomic E-state index is 13.3. The lowest BCUT2D eigenvalue weighted by atomic mass is 10.2. The van der Waals surface area contributed by atoms with E-state index in [0.29, 0.717) is 17.1 Å². The summed E-state index contributed by atoms with van der Waals surface area (Å²) in [5.74, 6) is -0.839. The van der Waals surface area contributed by atoms with Crippen LogP contribution in [0.1, 0.15) is 11.4 Å². The molecule has 2 aromatic carbocycles. The summed E-state index contributed by atoms with van der Waals surface area (Å²) in [7, 11) is 2.98. The van der Waals surface area contributed by atoms with Gasteiger partial charge in [0.05, 0.1) is 31.5 Å². The molecule has 0 bridgehead atoms. The number of amides is 1. The van der Waals surface area contributed by atoms with Crippen LogP contribution in [0.5, 0.6) is 11.5 Å². The molecular weight excluding hydrogens is 389 g/mol. The van der Waals surface area contributed by atoms with E-state index >= 15 is 0 Å². The number of aromatic nitrogens is 2. The van der Waals surface area contributed by atoms with E-state index < -0.39 is 24.5 Å². The van der Waals surface area contributed by atoms with Crippen molar-refractivity contribution >= 4 is 23.2 Å². The van der Waals surface area contributed by atoms with Crippen molar-refractivity contribution in [3.05, 3.63) is 53.9 Å². The minimum atomic E-state index is -4.70. The zero-order valence-electron chi connectivity index (χ0n) is 15.5. The maximum atomic E-state index is 13.3. The van der Waals surface area contributed by atoms with Crippen LogP contribution >= 0.6 is 0 Å². The monoisotopic (exact) mass is 406 g/mol. The summed E-state index contributed by atoms with van der Waals surface area (Å²) < 4.78 is 51.0. The molecule has 0 saturated heterocycles. The van der Waals surface area contributed by atoms with Gasteiger partial charge >= 0.3 is 6.18 Å². The fraction of sp³-hybridized carbons (Fsp3) is 0.211. The van der Waals surface area contributed by atoms with Crippen LogP contribution in [-0.4, -0.2) is 35.9 Å². The summed E-state index contributed by atoms with van der Waals surface area (Å²) in [6, 6.07) is 11.1. The number of hydrazone groups is 1. The second-order valence-electron chi connectivity index (χ2n) is 5.91. The zero-order valence-corrected chi connectivity index (χ0v) is 15.5. The van der Waals surface area contributed by atoms with Crippen LogP contribution < -0.4 is 14.9 Å². The number of rotatable bonds is 6. The van der Waals surface area contributed by atoms with Gasteiger partial charge in [-0.3, -0.25) is 4.79 Å². The first-order valence-corrected chi connectivity index (χ1v) is 8.40. The first-order chi connectivity index (χ1) is 13.8. The van der Waals surface area contributed by atoms with E-state index in [1.54, 1.807) is 30.3 Å². The molecule has 0 unspecified atom stereocenters. The van der Waals surface area contributed by atoms with Crippen LogP contribution in [0.4, 0.5) is 13.2 Å². The maximum Gasteiger partial charge on any atom is 0.449 e. The Morgan fingerprint density at radius 3 is 2.66 bits per heavy atom. The number of carbonyl (C=O) groups excluding carboxylic acids is 1. The van der Waals surface area contributed by atoms with Gasteiger partial charge in [0.1, 0.15) is 18.0 Å². The Morgan fingerprint density at radius 1 is 1.21 bits per heavy atom. The van der Waals surface area contributed by atoms with Gasteiger partial charge in [0.25, 0.3) is 5.91 Å². The number of nitrogens with zero attached hydrogens (tertiary/aromatic N) is 3. The number of hydrogen-bond donors (Lipinski definition) is 1. The predicted molar refractivity (Wildman–Crippen MR) is 100 cm³/mol. The van der Waals surface area contributed by atoms with Gasteiger partial charge in [-0.2, -0.15) is 18.3 Å². The molecule has 0 fully saturated rings. The Morgan fingerprint density at radius 2 is 1.97 bits per heavy atom. The normalized spacial score (nSPS) is 11.8. The van der Waals surface area contributed by atoms with Gasteiger partial charge in [0.2, 0.25) is 5.82 Å². The van der Waals surface area contributed by atoms with Gasteiger partial charge in [-0.1, -0.05) is 12.1 Å². The van der Waals surface area contributed by atoms with E-state index in [-0.39, 0.29) is 11.0 Å². The zero-order chi connectivity index (χ0) is 21.0. The molecule has 1 aromatic heterocycles. The summed E-state index contributed by atoms with van der Waals surface area (Å²) in [6.45, 7) is -0.591. The van der Waals surface area contributed by atoms with Crippen LogP contribution in [0.15, 0.2) is 47.6 Å². The molecule has 0 saturated carbocycles. The molecule has 7 nitrogen and oxygen atoms in total. The van der Waals surface area contributed by atoms with Gasteiger partial charge in [-0.05, 0) is 24.3 Å². The second-order valence-corrected chi connectivity index (χ2v) is 5.91. The minimum absolute atomic E-state index is 0.152. The quantitative estimate of drug-likeness (QED) is 0.504. The van der Waals surface area contributed by atoms with E-state index in [1.807, 2.05) is 0 Å². The van der Waals surface area contributed by atoms with Crippen LogP contribution in [0, 0.1) is 0 Å². The Kier molecular flexibility index (Phi) is 5.71. The standard InChI is InChI=1S/C19H17F3N4O3/c1-28-13-8-7-12(16(9-13)29-2)10-23-25-17(27)11-26-15-6-4-3-5-14(15)24-18(26)19(20,21)22/h3-10H,11H2,1-2H3,(H,25,27)/b23-10+. The molecule has 0 aliphatic rings. The molecule has 3 rings (SSSR count). The lowest BCUT2D eigenvalue weighted by molar-refractivity contribution is -0.147. The lowest BCUT2D eigenvalue weighted by Crippen LogP contribution is -2.26. The van der Waals surface area contributed by atoms with Gasteiger partial charge in [0, 0.05) is 11.6 Å². The number of benzene rings is 2. The number of fused-ring (bicyclic) bond motifs is 1. The molecule has 0 atom stereocenters. The van der Waals surface area contributed by atoms with Crippen molar-refractivity contribution < 1.29 is 27.4 Å². The average Bonchev–Trinajstić information content (AvgIpc) is 3.07. The van der Waals surface area contributed by atoms with Crippen molar-refractivity contribution in [2.24, 2.45) is 5.10 Å². The van der Waals surface area contributed by atoms with Crippen LogP contribution in [0.3, 0.4) is 0 Å². The molecule has 0 radical (unpaired) electrons. The molecule has 0 spiro atoms. The third kappa shape index (κ3) is 4.48. The van der Waals surface area contributed by atoms with Crippen molar-refractivity contribution in [2.45, 2.75) is 12.7 Å². The predicted octanol–water partition coefficient (Wildman–Crippen LogP) is 3.22. The highest BCUT2D eigenvalue weighted by atomic mass is 19.4. The van der Waals surface area contributed by atoms with Crippen molar-refractivity contribution in [2.75, 3.05) is 14.2 Å². The first-order valence-electron chi connectivity index (χ1n) is 8.40. The fourth-order valence-electron chi connectivity index (χ4n) is 2.73.